The molecule has 0 fully saturated rings. The van der Waals surface area contributed by atoms with Gasteiger partial charge in [0.1, 0.15) is 0 Å². The summed E-state index contributed by atoms with van der Waals surface area (Å²) in [4.78, 5) is 0. The molecule has 1 atom stereocenters. The predicted octanol–water partition coefficient (Wildman–Crippen LogP) is 1.69. The molecule has 1 heterocycles. The van der Waals surface area contributed by atoms with E-state index in [1.165, 1.54) is 5.69 Å². The predicted molar refractivity (Wildman–Crippen MR) is 72.1 cm³/mol. The zero-order chi connectivity index (χ0) is 12.8. The van der Waals surface area contributed by atoms with Gasteiger partial charge in [-0.05, 0) is 26.8 Å². The summed E-state index contributed by atoms with van der Waals surface area (Å²) in [7, 11) is 0. The Morgan fingerprint density at radius 3 is 2.59 bits per heavy atom. The molecule has 0 aromatic carbocycles. The molecule has 2 N–H and O–H groups in total. The zero-order valence-corrected chi connectivity index (χ0v) is 11.7. The van der Waals surface area contributed by atoms with Gasteiger partial charge in [-0.1, -0.05) is 13.8 Å². The van der Waals surface area contributed by atoms with E-state index in [0.29, 0.717) is 12.1 Å². The number of aryl methyl sites for hydroxylation is 2. The van der Waals surface area contributed by atoms with Crippen molar-refractivity contribution in [1.82, 2.24) is 20.4 Å². The Morgan fingerprint density at radius 2 is 2.00 bits per heavy atom. The molecule has 1 aromatic rings. The quantitative estimate of drug-likeness (QED) is 0.759. The second-order valence-corrected chi connectivity index (χ2v) is 4.94. The number of nitrogens with zero attached hydrogens (tertiary/aromatic N) is 2. The molecule has 0 aliphatic rings. The summed E-state index contributed by atoms with van der Waals surface area (Å²) >= 11 is 0. The van der Waals surface area contributed by atoms with Crippen molar-refractivity contribution in [2.75, 3.05) is 6.54 Å². The van der Waals surface area contributed by atoms with Crippen LogP contribution in [0.25, 0.3) is 0 Å². The lowest BCUT2D eigenvalue weighted by Crippen LogP contribution is -2.38. The molecule has 0 bridgehead atoms. The molecule has 1 rings (SSSR count). The average Bonchev–Trinajstić information content (AvgIpc) is 2.64. The summed E-state index contributed by atoms with van der Waals surface area (Å²) in [5.41, 5.74) is 2.36. The first-order chi connectivity index (χ1) is 8.02. The van der Waals surface area contributed by atoms with Crippen LogP contribution in [-0.2, 0) is 13.1 Å². The lowest BCUT2D eigenvalue weighted by atomic mass is 10.3. The minimum absolute atomic E-state index is 0.470. The molecule has 0 amide bonds. The lowest BCUT2D eigenvalue weighted by molar-refractivity contribution is 0.462. The van der Waals surface area contributed by atoms with Gasteiger partial charge in [0.25, 0.3) is 0 Å². The molecule has 1 unspecified atom stereocenters. The Balaban J connectivity index is 2.38. The van der Waals surface area contributed by atoms with Gasteiger partial charge < -0.3 is 10.6 Å². The van der Waals surface area contributed by atoms with E-state index in [4.69, 9.17) is 0 Å². The first kappa shape index (κ1) is 14.2. The first-order valence-corrected chi connectivity index (χ1v) is 6.53. The van der Waals surface area contributed by atoms with Crippen LogP contribution >= 0.6 is 0 Å². The minimum atomic E-state index is 0.470. The summed E-state index contributed by atoms with van der Waals surface area (Å²) in [6.07, 6.45) is 0. The Bertz CT molecular complexity index is 330. The standard InChI is InChI=1S/C13H26N4/c1-6-17-13(7-11(4)16-17)9-15-12(5)8-14-10(2)3/h7,10,12,14-15H,6,8-9H2,1-5H3. The van der Waals surface area contributed by atoms with Crippen LogP contribution in [0.4, 0.5) is 0 Å². The third kappa shape index (κ3) is 4.88. The summed E-state index contributed by atoms with van der Waals surface area (Å²) in [6.45, 7) is 13.5. The molecular formula is C13H26N4. The van der Waals surface area contributed by atoms with Crippen molar-refractivity contribution in [3.05, 3.63) is 17.5 Å². The van der Waals surface area contributed by atoms with Crippen LogP contribution in [0.2, 0.25) is 0 Å². The fraction of sp³-hybridized carbons (Fsp3) is 0.769. The molecule has 0 aliphatic carbocycles. The maximum absolute atomic E-state index is 4.44. The van der Waals surface area contributed by atoms with Gasteiger partial charge in [0, 0.05) is 31.7 Å². The van der Waals surface area contributed by atoms with Crippen LogP contribution in [0.1, 0.15) is 39.1 Å². The highest BCUT2D eigenvalue weighted by Crippen LogP contribution is 2.03. The van der Waals surface area contributed by atoms with Crippen molar-refractivity contribution in [3.63, 3.8) is 0 Å². The number of nitrogens with one attached hydrogen (secondary N) is 2. The van der Waals surface area contributed by atoms with Gasteiger partial charge in [-0.25, -0.2) is 0 Å². The fourth-order valence-electron chi connectivity index (χ4n) is 1.78. The third-order valence-electron chi connectivity index (χ3n) is 2.75. The molecule has 0 aliphatic heterocycles. The highest BCUT2D eigenvalue weighted by atomic mass is 15.3. The van der Waals surface area contributed by atoms with E-state index >= 15 is 0 Å². The molecule has 1 aromatic heterocycles. The Kier molecular flexibility index (Phi) is 5.65. The topological polar surface area (TPSA) is 41.9 Å². The van der Waals surface area contributed by atoms with E-state index in [0.717, 1.165) is 25.3 Å². The molecular weight excluding hydrogens is 212 g/mol. The van der Waals surface area contributed by atoms with E-state index in [1.807, 2.05) is 6.92 Å². The highest BCUT2D eigenvalue weighted by molar-refractivity contribution is 5.08. The Hall–Kier alpha value is -0.870. The SMILES string of the molecule is CCn1nc(C)cc1CNC(C)CNC(C)C. The second-order valence-electron chi connectivity index (χ2n) is 4.94. The van der Waals surface area contributed by atoms with Crippen molar-refractivity contribution in [1.29, 1.82) is 0 Å². The summed E-state index contributed by atoms with van der Waals surface area (Å²) in [5, 5.41) is 11.4. The molecule has 4 heteroatoms. The summed E-state index contributed by atoms with van der Waals surface area (Å²) in [6, 6.07) is 3.17. The van der Waals surface area contributed by atoms with E-state index in [-0.39, 0.29) is 0 Å². The molecule has 4 nitrogen and oxygen atoms in total. The van der Waals surface area contributed by atoms with E-state index in [9.17, 15) is 0 Å². The van der Waals surface area contributed by atoms with Gasteiger partial charge in [-0.3, -0.25) is 4.68 Å². The number of hydrogen-bond acceptors (Lipinski definition) is 3. The van der Waals surface area contributed by atoms with Crippen molar-refractivity contribution < 1.29 is 0 Å². The summed E-state index contributed by atoms with van der Waals surface area (Å²) < 4.78 is 2.06. The van der Waals surface area contributed by atoms with Gasteiger partial charge in [0.15, 0.2) is 0 Å². The molecule has 17 heavy (non-hydrogen) atoms. The van der Waals surface area contributed by atoms with Gasteiger partial charge in [0.2, 0.25) is 0 Å². The maximum atomic E-state index is 4.44. The van der Waals surface area contributed by atoms with E-state index < -0.39 is 0 Å². The van der Waals surface area contributed by atoms with Gasteiger partial charge in [-0.2, -0.15) is 5.10 Å². The van der Waals surface area contributed by atoms with Gasteiger partial charge in [-0.15, -0.1) is 0 Å². The number of hydrogen-bond donors (Lipinski definition) is 2. The smallest absolute Gasteiger partial charge is 0.0597 e. The minimum Gasteiger partial charge on any atom is -0.313 e. The largest absolute Gasteiger partial charge is 0.313 e. The van der Waals surface area contributed by atoms with Crippen molar-refractivity contribution >= 4 is 0 Å². The van der Waals surface area contributed by atoms with Crippen LogP contribution in [0.5, 0.6) is 0 Å². The first-order valence-electron chi connectivity index (χ1n) is 6.53. The van der Waals surface area contributed by atoms with Crippen molar-refractivity contribution in [2.45, 2.75) is 59.8 Å². The van der Waals surface area contributed by atoms with Gasteiger partial charge >= 0.3 is 0 Å². The van der Waals surface area contributed by atoms with Gasteiger partial charge in [0.05, 0.1) is 11.4 Å². The highest BCUT2D eigenvalue weighted by Gasteiger charge is 2.06. The van der Waals surface area contributed by atoms with Crippen LogP contribution in [0.15, 0.2) is 6.07 Å². The lowest BCUT2D eigenvalue weighted by Gasteiger charge is -2.16. The van der Waals surface area contributed by atoms with E-state index in [2.05, 4.69) is 54.2 Å². The Morgan fingerprint density at radius 1 is 1.29 bits per heavy atom. The van der Waals surface area contributed by atoms with Crippen molar-refractivity contribution in [3.8, 4) is 0 Å². The monoisotopic (exact) mass is 238 g/mol. The van der Waals surface area contributed by atoms with Crippen LogP contribution < -0.4 is 10.6 Å². The zero-order valence-electron chi connectivity index (χ0n) is 11.7. The molecule has 0 saturated carbocycles. The molecule has 0 spiro atoms. The number of aromatic nitrogens is 2. The normalized spacial score (nSPS) is 13.3. The molecule has 0 saturated heterocycles. The molecule has 98 valence electrons. The summed E-state index contributed by atoms with van der Waals surface area (Å²) in [5.74, 6) is 0. The van der Waals surface area contributed by atoms with Crippen LogP contribution in [0.3, 0.4) is 0 Å². The van der Waals surface area contributed by atoms with Crippen molar-refractivity contribution in [2.24, 2.45) is 0 Å². The molecule has 0 radical (unpaired) electrons. The maximum Gasteiger partial charge on any atom is 0.0597 e. The van der Waals surface area contributed by atoms with Crippen LogP contribution in [0, 0.1) is 6.92 Å². The average molecular weight is 238 g/mol. The third-order valence-corrected chi connectivity index (χ3v) is 2.75. The fourth-order valence-corrected chi connectivity index (χ4v) is 1.78. The van der Waals surface area contributed by atoms with E-state index in [1.54, 1.807) is 0 Å². The second kappa shape index (κ2) is 6.77. The van der Waals surface area contributed by atoms with Crippen LogP contribution in [-0.4, -0.2) is 28.4 Å². The Labute approximate surface area is 105 Å². The number of rotatable bonds is 7.